The Kier molecular flexibility index (Phi) is 5.99. The van der Waals surface area contributed by atoms with E-state index in [1.54, 1.807) is 0 Å². The van der Waals surface area contributed by atoms with Gasteiger partial charge in [0.2, 0.25) is 10.0 Å². The third-order valence-corrected chi connectivity index (χ3v) is 5.77. The molecular formula is C17H22N2O5S. The maximum atomic E-state index is 13.2. The zero-order valence-electron chi connectivity index (χ0n) is 14.5. The van der Waals surface area contributed by atoms with Crippen LogP contribution in [-0.2, 0) is 21.3 Å². The van der Waals surface area contributed by atoms with Crippen molar-refractivity contribution in [3.63, 3.8) is 0 Å². The lowest BCUT2D eigenvalue weighted by atomic mass is 10.2. The van der Waals surface area contributed by atoms with Crippen LogP contribution in [-0.4, -0.2) is 38.9 Å². The number of rotatable bonds is 7. The number of sulfonamides is 1. The summed E-state index contributed by atoms with van der Waals surface area (Å²) in [6, 6.07) is 9.16. The van der Waals surface area contributed by atoms with Crippen LogP contribution in [0.4, 0.5) is 0 Å². The van der Waals surface area contributed by atoms with Crippen molar-refractivity contribution in [1.82, 2.24) is 4.31 Å². The van der Waals surface area contributed by atoms with E-state index in [2.05, 4.69) is 0 Å². The Morgan fingerprint density at radius 1 is 1.20 bits per heavy atom. The van der Waals surface area contributed by atoms with Gasteiger partial charge in [-0.2, -0.15) is 4.31 Å². The summed E-state index contributed by atoms with van der Waals surface area (Å²) in [6.07, 6.45) is 0. The number of ether oxygens (including phenoxy) is 1. The van der Waals surface area contributed by atoms with E-state index in [-0.39, 0.29) is 41.6 Å². The quantitative estimate of drug-likeness (QED) is 0.750. The van der Waals surface area contributed by atoms with Crippen molar-refractivity contribution >= 4 is 16.0 Å². The number of carbonyl (C=O) groups is 1. The second-order valence-electron chi connectivity index (χ2n) is 5.52. The molecule has 136 valence electrons. The molecule has 1 aromatic carbocycles. The zero-order valence-corrected chi connectivity index (χ0v) is 15.3. The molecule has 2 aromatic rings. The molecule has 0 spiro atoms. The molecule has 8 heteroatoms. The Morgan fingerprint density at radius 2 is 1.84 bits per heavy atom. The van der Waals surface area contributed by atoms with Gasteiger partial charge in [-0.25, -0.2) is 13.2 Å². The third kappa shape index (κ3) is 3.92. The molecule has 2 N–H and O–H groups in total. The normalized spacial score (nSPS) is 11.7. The van der Waals surface area contributed by atoms with Crippen molar-refractivity contribution in [1.29, 1.82) is 0 Å². The second-order valence-corrected chi connectivity index (χ2v) is 7.40. The van der Waals surface area contributed by atoms with E-state index >= 15 is 0 Å². The molecule has 0 unspecified atom stereocenters. The number of benzene rings is 1. The van der Waals surface area contributed by atoms with Crippen LogP contribution in [0.5, 0.6) is 0 Å². The topological polar surface area (TPSA) is 103 Å². The molecule has 25 heavy (non-hydrogen) atoms. The average molecular weight is 366 g/mol. The molecule has 0 saturated carbocycles. The van der Waals surface area contributed by atoms with Crippen molar-refractivity contribution in [2.75, 3.05) is 20.2 Å². The van der Waals surface area contributed by atoms with Gasteiger partial charge >= 0.3 is 5.97 Å². The molecule has 0 bridgehead atoms. The minimum absolute atomic E-state index is 0.0740. The van der Waals surface area contributed by atoms with E-state index in [1.807, 2.05) is 30.3 Å². The number of carbonyl (C=O) groups excluding carboxylic acids is 1. The van der Waals surface area contributed by atoms with Crippen molar-refractivity contribution in [2.24, 2.45) is 5.73 Å². The van der Waals surface area contributed by atoms with Crippen LogP contribution < -0.4 is 5.73 Å². The maximum absolute atomic E-state index is 13.2. The predicted octanol–water partition coefficient (Wildman–Crippen LogP) is 1.83. The van der Waals surface area contributed by atoms with Gasteiger partial charge in [-0.1, -0.05) is 30.3 Å². The monoisotopic (exact) mass is 366 g/mol. The first-order chi connectivity index (χ1) is 11.8. The minimum atomic E-state index is -4.00. The van der Waals surface area contributed by atoms with Crippen molar-refractivity contribution in [3.05, 3.63) is 53.0 Å². The largest absolute Gasteiger partial charge is 0.465 e. The van der Waals surface area contributed by atoms with E-state index in [0.717, 1.165) is 5.56 Å². The first-order valence-corrected chi connectivity index (χ1v) is 9.19. The molecule has 7 nitrogen and oxygen atoms in total. The van der Waals surface area contributed by atoms with Crippen molar-refractivity contribution < 1.29 is 22.4 Å². The van der Waals surface area contributed by atoms with Crippen LogP contribution in [0.2, 0.25) is 0 Å². The average Bonchev–Trinajstić information content (AvgIpc) is 2.89. The van der Waals surface area contributed by atoms with Crippen LogP contribution in [0, 0.1) is 13.8 Å². The Balaban J connectivity index is 2.53. The van der Waals surface area contributed by atoms with Crippen LogP contribution in [0.3, 0.4) is 0 Å². The standard InChI is InChI=1S/C17H22N2O5S/c1-12-15(17(20)23-3)16(13(2)24-12)25(21,22)19(10-9-18)11-14-7-5-4-6-8-14/h4-8H,9-11,18H2,1-3H3. The summed E-state index contributed by atoms with van der Waals surface area (Å²) in [7, 11) is -2.80. The molecule has 2 rings (SSSR count). The van der Waals surface area contributed by atoms with Gasteiger partial charge in [-0.05, 0) is 19.4 Å². The first-order valence-electron chi connectivity index (χ1n) is 7.75. The summed E-state index contributed by atoms with van der Waals surface area (Å²) in [5.41, 5.74) is 6.35. The van der Waals surface area contributed by atoms with Crippen LogP contribution >= 0.6 is 0 Å². The highest BCUT2D eigenvalue weighted by Gasteiger charge is 2.35. The summed E-state index contributed by atoms with van der Waals surface area (Å²) in [5, 5.41) is 0. The Bertz CT molecular complexity index is 843. The van der Waals surface area contributed by atoms with Gasteiger partial charge in [-0.15, -0.1) is 0 Å². The molecular weight excluding hydrogens is 344 g/mol. The first kappa shape index (κ1) is 19.2. The van der Waals surface area contributed by atoms with E-state index in [9.17, 15) is 13.2 Å². The molecule has 1 heterocycles. The number of nitrogens with two attached hydrogens (primary N) is 1. The highest BCUT2D eigenvalue weighted by molar-refractivity contribution is 7.89. The van der Waals surface area contributed by atoms with Crippen molar-refractivity contribution in [2.45, 2.75) is 25.3 Å². The molecule has 0 amide bonds. The van der Waals surface area contributed by atoms with Crippen LogP contribution in [0.1, 0.15) is 27.4 Å². The predicted molar refractivity (Wildman–Crippen MR) is 92.6 cm³/mol. The number of esters is 1. The number of nitrogens with zero attached hydrogens (tertiary/aromatic N) is 1. The van der Waals surface area contributed by atoms with Gasteiger partial charge in [0.15, 0.2) is 0 Å². The lowest BCUT2D eigenvalue weighted by molar-refractivity contribution is 0.0594. The van der Waals surface area contributed by atoms with E-state index in [4.69, 9.17) is 14.9 Å². The van der Waals surface area contributed by atoms with Gasteiger partial charge in [0.1, 0.15) is 22.0 Å². The summed E-state index contributed by atoms with van der Waals surface area (Å²) in [5.74, 6) is -0.399. The number of hydrogen-bond donors (Lipinski definition) is 1. The van der Waals surface area contributed by atoms with E-state index < -0.39 is 16.0 Å². The smallest absolute Gasteiger partial charge is 0.342 e. The highest BCUT2D eigenvalue weighted by atomic mass is 32.2. The number of aryl methyl sites for hydroxylation is 2. The zero-order chi connectivity index (χ0) is 18.6. The van der Waals surface area contributed by atoms with Crippen LogP contribution in [0.25, 0.3) is 0 Å². The Labute approximate surface area is 147 Å². The third-order valence-electron chi connectivity index (χ3n) is 3.77. The molecule has 0 aliphatic heterocycles. The summed E-state index contributed by atoms with van der Waals surface area (Å²) < 4.78 is 37.8. The molecule has 0 atom stereocenters. The Morgan fingerprint density at radius 3 is 2.40 bits per heavy atom. The lowest BCUT2D eigenvalue weighted by Crippen LogP contribution is -2.35. The second kappa shape index (κ2) is 7.81. The number of hydrogen-bond acceptors (Lipinski definition) is 6. The number of furan rings is 1. The van der Waals surface area contributed by atoms with Crippen LogP contribution in [0.15, 0.2) is 39.6 Å². The molecule has 0 saturated heterocycles. The fraction of sp³-hybridized carbons (Fsp3) is 0.353. The maximum Gasteiger partial charge on any atom is 0.342 e. The van der Waals surface area contributed by atoms with Gasteiger partial charge in [0.25, 0.3) is 0 Å². The SMILES string of the molecule is COC(=O)c1c(C)oc(C)c1S(=O)(=O)N(CCN)Cc1ccccc1. The fourth-order valence-electron chi connectivity index (χ4n) is 2.66. The molecule has 0 aliphatic carbocycles. The van der Waals surface area contributed by atoms with E-state index in [0.29, 0.717) is 0 Å². The Hall–Kier alpha value is -2.16. The van der Waals surface area contributed by atoms with Gasteiger partial charge in [0, 0.05) is 19.6 Å². The highest BCUT2D eigenvalue weighted by Crippen LogP contribution is 2.30. The fourth-order valence-corrected chi connectivity index (χ4v) is 4.47. The minimum Gasteiger partial charge on any atom is -0.465 e. The van der Waals surface area contributed by atoms with E-state index in [1.165, 1.54) is 25.3 Å². The number of methoxy groups -OCH3 is 1. The molecule has 0 aliphatic rings. The summed E-state index contributed by atoms with van der Waals surface area (Å²) >= 11 is 0. The molecule has 0 radical (unpaired) electrons. The van der Waals surface area contributed by atoms with Gasteiger partial charge in [0.05, 0.1) is 7.11 Å². The van der Waals surface area contributed by atoms with Crippen molar-refractivity contribution in [3.8, 4) is 0 Å². The lowest BCUT2D eigenvalue weighted by Gasteiger charge is -2.22. The summed E-state index contributed by atoms with van der Waals surface area (Å²) in [6.45, 7) is 3.44. The molecule has 1 aromatic heterocycles. The van der Waals surface area contributed by atoms with Gasteiger partial charge in [-0.3, -0.25) is 0 Å². The van der Waals surface area contributed by atoms with Gasteiger partial charge < -0.3 is 14.9 Å². The summed E-state index contributed by atoms with van der Waals surface area (Å²) in [4.78, 5) is 11.9. The molecule has 0 fully saturated rings.